The first-order valence-corrected chi connectivity index (χ1v) is 22.3. The molecule has 2 unspecified atom stereocenters. The average Bonchev–Trinajstić information content (AvgIpc) is 3.67. The third-order valence-corrected chi connectivity index (χ3v) is 12.0. The second kappa shape index (κ2) is 21.0. The monoisotopic (exact) mass is 911 g/mol. The summed E-state index contributed by atoms with van der Waals surface area (Å²) in [6.07, 6.45) is -8.62. The van der Waals surface area contributed by atoms with Gasteiger partial charge in [0.1, 0.15) is 42.4 Å². The van der Waals surface area contributed by atoms with Gasteiger partial charge in [-0.3, -0.25) is 37.3 Å². The molecule has 0 spiro atoms. The molecule has 2 aromatic heterocycles. The molecule has 1 saturated heterocycles. The van der Waals surface area contributed by atoms with Gasteiger partial charge in [0.15, 0.2) is 17.7 Å². The van der Waals surface area contributed by atoms with Crippen LogP contribution in [-0.4, -0.2) is 145 Å². The van der Waals surface area contributed by atoms with Crippen LogP contribution >= 0.6 is 35.2 Å². The summed E-state index contributed by atoms with van der Waals surface area (Å²) >= 11 is 0.740. The molecule has 0 aromatic carbocycles. The number of carbonyl (C=O) groups is 4. The number of nitrogen functional groups attached to an aromatic ring is 1. The minimum absolute atomic E-state index is 0.0156. The van der Waals surface area contributed by atoms with Crippen molar-refractivity contribution in [3.8, 4) is 0 Å². The zero-order valence-corrected chi connectivity index (χ0v) is 34.1. The largest absolute Gasteiger partial charge is 0.481 e. The minimum atomic E-state index is -5.60. The Bertz CT molecular complexity index is 1920. The number of aliphatic carboxylic acids is 1. The van der Waals surface area contributed by atoms with Crippen LogP contribution < -0.4 is 16.4 Å². The summed E-state index contributed by atoms with van der Waals surface area (Å²) in [5, 5.41) is 44.0. The Kier molecular flexibility index (Phi) is 17.9. The Labute approximate surface area is 332 Å². The SMILES string of the molecule is CC(C)(COP(=O)(O)OP(=O)(O)OC[C@H]1O[C@@H](n2cnc3c(N)ncnc32)[C@H](O)[C@@H]1OP(=O)(O)O)[C@@H](O)C(=O)NCCC(=O)NCCSC(=O)[C@H](O)CCCC(=O)O. The number of rotatable bonds is 24. The molecule has 3 rings (SSSR count). The molecule has 58 heavy (non-hydrogen) atoms. The van der Waals surface area contributed by atoms with Gasteiger partial charge in [0.2, 0.25) is 16.9 Å². The van der Waals surface area contributed by atoms with Crippen LogP contribution in [0.5, 0.6) is 0 Å². The standard InChI is InChI=1S/C27H44N7O20P3S/c1-27(2,21(40)24(41)30-7-6-16(36)29-8-9-58-26(42)14(35)4-3-5-17(37)38)11-51-57(48,49)54-56(46,47)50-10-15-20(53-55(43,44)45)19(39)25(52-15)34-13-33-18-22(28)31-12-32-23(18)34/h12-15,19-21,25,35,39-40H,3-11H2,1-2H3,(H,29,36)(H,30,41)(H,37,38)(H,46,47)(H,48,49)(H2,28,31,32)(H2,43,44,45)/t14-,15-,19-,20-,21+,25-/m1/s1. The van der Waals surface area contributed by atoms with Crippen LogP contribution in [0, 0.1) is 5.41 Å². The molecule has 8 atom stereocenters. The lowest BCUT2D eigenvalue weighted by Gasteiger charge is -2.30. The van der Waals surface area contributed by atoms with Crippen molar-refractivity contribution in [2.24, 2.45) is 5.41 Å². The number of phosphoric ester groups is 3. The Balaban J connectivity index is 1.46. The molecule has 1 fully saturated rings. The number of hydrogen-bond acceptors (Lipinski definition) is 20. The number of carboxylic acids is 1. The van der Waals surface area contributed by atoms with E-state index in [0.29, 0.717) is 0 Å². The maximum absolute atomic E-state index is 12.7. The molecule has 1 aliphatic rings. The highest BCUT2D eigenvalue weighted by Gasteiger charge is 2.50. The quantitative estimate of drug-likeness (QED) is 0.0412. The van der Waals surface area contributed by atoms with Gasteiger partial charge in [-0.25, -0.2) is 28.6 Å². The number of fused-ring (bicyclic) bond motifs is 1. The summed E-state index contributed by atoms with van der Waals surface area (Å²) in [6.45, 7) is 0.0945. The number of aliphatic hydroxyl groups excluding tert-OH is 3. The number of amides is 2. The first-order valence-electron chi connectivity index (χ1n) is 16.8. The van der Waals surface area contributed by atoms with Crippen LogP contribution in [0.1, 0.15) is 45.8 Å². The fourth-order valence-corrected chi connectivity index (χ4v) is 8.49. The summed E-state index contributed by atoms with van der Waals surface area (Å²) in [5.41, 5.74) is 4.18. The van der Waals surface area contributed by atoms with Crippen molar-refractivity contribution in [3.63, 3.8) is 0 Å². The van der Waals surface area contributed by atoms with E-state index < -0.39 is 102 Å². The van der Waals surface area contributed by atoms with Crippen LogP contribution in [0.15, 0.2) is 12.7 Å². The van der Waals surface area contributed by atoms with Crippen molar-refractivity contribution in [2.75, 3.05) is 37.8 Å². The van der Waals surface area contributed by atoms with Crippen molar-refractivity contribution >= 4 is 75.1 Å². The van der Waals surface area contributed by atoms with Crippen LogP contribution in [0.3, 0.4) is 0 Å². The summed E-state index contributed by atoms with van der Waals surface area (Å²) in [4.78, 5) is 97.9. The molecular weight excluding hydrogens is 867 g/mol. The highest BCUT2D eigenvalue weighted by molar-refractivity contribution is 8.13. The molecule has 2 aromatic rings. The summed E-state index contributed by atoms with van der Waals surface area (Å²) in [7, 11) is -16.5. The fraction of sp³-hybridized carbons (Fsp3) is 0.667. The number of hydrogen-bond donors (Lipinski definition) is 11. The van der Waals surface area contributed by atoms with Crippen LogP contribution in [0.4, 0.5) is 5.82 Å². The zero-order chi connectivity index (χ0) is 43.6. The average molecular weight is 912 g/mol. The number of anilines is 1. The van der Waals surface area contributed by atoms with E-state index >= 15 is 0 Å². The van der Waals surface area contributed by atoms with Gasteiger partial charge < -0.3 is 61.1 Å². The fourth-order valence-electron chi connectivity index (χ4n) is 4.94. The molecule has 2 amide bonds. The van der Waals surface area contributed by atoms with E-state index in [1.54, 1.807) is 0 Å². The number of ether oxygens (including phenoxy) is 1. The third-order valence-electron chi connectivity index (χ3n) is 7.89. The normalized spacial score (nSPS) is 21.8. The van der Waals surface area contributed by atoms with Gasteiger partial charge in [-0.2, -0.15) is 4.31 Å². The van der Waals surface area contributed by atoms with Crippen molar-refractivity contribution in [1.82, 2.24) is 30.2 Å². The lowest BCUT2D eigenvalue weighted by Crippen LogP contribution is -2.46. The Morgan fingerprint density at radius 1 is 1.02 bits per heavy atom. The molecular formula is C27H44N7O20P3S. The molecule has 1 aliphatic heterocycles. The van der Waals surface area contributed by atoms with Gasteiger partial charge in [-0.05, 0) is 12.8 Å². The predicted molar refractivity (Wildman–Crippen MR) is 195 cm³/mol. The number of nitrogens with two attached hydrogens (primary N) is 1. The number of carboxylic acid groups (broad SMARTS) is 1. The van der Waals surface area contributed by atoms with Gasteiger partial charge in [-0.1, -0.05) is 25.6 Å². The predicted octanol–water partition coefficient (Wildman–Crippen LogP) is -1.72. The highest BCUT2D eigenvalue weighted by Crippen LogP contribution is 2.61. The van der Waals surface area contributed by atoms with Crippen LogP contribution in [0.25, 0.3) is 11.2 Å². The number of phosphoric acid groups is 3. The second-order valence-corrected chi connectivity index (χ2v) is 18.4. The molecule has 0 radical (unpaired) electrons. The van der Waals surface area contributed by atoms with Gasteiger partial charge >= 0.3 is 29.4 Å². The number of nitrogens with zero attached hydrogens (tertiary/aromatic N) is 4. The van der Waals surface area contributed by atoms with Crippen molar-refractivity contribution < 1.29 is 95.5 Å². The van der Waals surface area contributed by atoms with Gasteiger partial charge in [0, 0.05) is 37.1 Å². The van der Waals surface area contributed by atoms with E-state index in [-0.39, 0.29) is 61.5 Å². The van der Waals surface area contributed by atoms with Crippen molar-refractivity contribution in [3.05, 3.63) is 12.7 Å². The number of nitrogens with one attached hydrogen (secondary N) is 2. The summed E-state index contributed by atoms with van der Waals surface area (Å²) in [5.74, 6) is -2.59. The van der Waals surface area contributed by atoms with Crippen LogP contribution in [0.2, 0.25) is 0 Å². The minimum Gasteiger partial charge on any atom is -0.481 e. The van der Waals surface area contributed by atoms with Gasteiger partial charge in [-0.15, -0.1) is 0 Å². The first-order chi connectivity index (χ1) is 26.8. The maximum Gasteiger partial charge on any atom is 0.481 e. The Morgan fingerprint density at radius 3 is 2.34 bits per heavy atom. The van der Waals surface area contributed by atoms with E-state index in [4.69, 9.17) is 24.6 Å². The topological polar surface area (TPSA) is 421 Å². The molecule has 27 nitrogen and oxygen atoms in total. The van der Waals surface area contributed by atoms with Crippen molar-refractivity contribution in [1.29, 1.82) is 0 Å². The van der Waals surface area contributed by atoms with E-state index in [0.717, 1.165) is 29.0 Å². The number of thioether (sulfide) groups is 1. The molecule has 0 bridgehead atoms. The Morgan fingerprint density at radius 2 is 1.69 bits per heavy atom. The zero-order valence-electron chi connectivity index (χ0n) is 30.6. The number of aliphatic hydroxyl groups is 3. The molecule has 12 N–H and O–H groups in total. The molecule has 328 valence electrons. The van der Waals surface area contributed by atoms with E-state index in [1.165, 1.54) is 13.8 Å². The third kappa shape index (κ3) is 15.2. The van der Waals surface area contributed by atoms with E-state index in [1.807, 2.05) is 0 Å². The lowest BCUT2D eigenvalue weighted by atomic mass is 9.87. The van der Waals surface area contributed by atoms with Crippen LogP contribution in [-0.2, 0) is 55.5 Å². The second-order valence-electron chi connectivity index (χ2n) is 13.0. The number of aromatic nitrogens is 4. The lowest BCUT2D eigenvalue weighted by molar-refractivity contribution is -0.138. The number of carbonyl (C=O) groups excluding carboxylic acids is 3. The van der Waals surface area contributed by atoms with Gasteiger partial charge in [0.05, 0.1) is 19.5 Å². The molecule has 0 aliphatic carbocycles. The summed E-state index contributed by atoms with van der Waals surface area (Å²) < 4.78 is 62.0. The smallest absolute Gasteiger partial charge is 0.481 e. The van der Waals surface area contributed by atoms with E-state index in [9.17, 15) is 67.8 Å². The molecule has 3 heterocycles. The van der Waals surface area contributed by atoms with Crippen molar-refractivity contribution in [2.45, 2.75) is 76.3 Å². The van der Waals surface area contributed by atoms with E-state index in [2.05, 4.69) is 34.4 Å². The van der Waals surface area contributed by atoms with Gasteiger partial charge in [0.25, 0.3) is 0 Å². The Hall–Kier alpha value is -3.01. The first kappa shape index (κ1) is 49.4. The maximum atomic E-state index is 12.7. The summed E-state index contributed by atoms with van der Waals surface area (Å²) in [6, 6.07) is 0. The molecule has 0 saturated carbocycles. The highest BCUT2D eigenvalue weighted by atomic mass is 32.2. The number of imidazole rings is 1. The molecule has 31 heteroatoms.